The van der Waals surface area contributed by atoms with Crippen LogP contribution in [0.25, 0.3) is 15.9 Å². The molecule has 0 saturated carbocycles. The number of nitrogens with one attached hydrogen (secondary N) is 1. The van der Waals surface area contributed by atoms with Crippen molar-refractivity contribution in [2.75, 3.05) is 12.3 Å². The summed E-state index contributed by atoms with van der Waals surface area (Å²) in [5.74, 6) is 0.972. The van der Waals surface area contributed by atoms with E-state index in [-0.39, 0.29) is 11.3 Å². The molecule has 3 aromatic heterocycles. The average molecular weight is 488 g/mol. The Morgan fingerprint density at radius 2 is 1.91 bits per heavy atom. The van der Waals surface area contributed by atoms with E-state index in [0.29, 0.717) is 41.3 Å². The van der Waals surface area contributed by atoms with Gasteiger partial charge in [-0.05, 0) is 44.4 Å². The molecule has 4 rings (SSSR count). The number of aromatic nitrogens is 4. The normalized spacial score (nSPS) is 11.5. The number of nitrogens with zero attached hydrogens (tertiary/aromatic N) is 5. The number of thiophene rings is 1. The first kappa shape index (κ1) is 24.4. The average Bonchev–Trinajstić information content (AvgIpc) is 3.33. The Morgan fingerprint density at radius 3 is 2.57 bits per heavy atom. The molecule has 0 aliphatic rings. The van der Waals surface area contributed by atoms with Crippen molar-refractivity contribution in [3.8, 4) is 11.8 Å². The van der Waals surface area contributed by atoms with Crippen LogP contribution in [-0.4, -0.2) is 32.2 Å². The molecule has 1 aromatic carbocycles. The number of carbonyl (C=O) groups is 1. The molecule has 0 unspecified atom stereocenters. The smallest absolute Gasteiger partial charge is 0.261 e. The van der Waals surface area contributed by atoms with Gasteiger partial charge in [-0.15, -0.1) is 11.3 Å². The lowest BCUT2D eigenvalue weighted by molar-refractivity contribution is 0.0957. The van der Waals surface area contributed by atoms with Crippen LogP contribution in [0.4, 0.5) is 5.82 Å². The van der Waals surface area contributed by atoms with E-state index in [4.69, 9.17) is 10.7 Å². The molecule has 8 nitrogen and oxygen atoms in total. The van der Waals surface area contributed by atoms with Crippen LogP contribution < -0.4 is 11.1 Å². The first-order chi connectivity index (χ1) is 16.6. The van der Waals surface area contributed by atoms with Gasteiger partial charge in [-0.1, -0.05) is 39.0 Å². The van der Waals surface area contributed by atoms with Gasteiger partial charge in [0.15, 0.2) is 0 Å². The largest absolute Gasteiger partial charge is 0.382 e. The number of amides is 1. The van der Waals surface area contributed by atoms with E-state index in [1.807, 2.05) is 44.2 Å². The van der Waals surface area contributed by atoms with E-state index in [9.17, 15) is 10.1 Å². The highest BCUT2D eigenvalue weighted by molar-refractivity contribution is 7.20. The van der Waals surface area contributed by atoms with E-state index >= 15 is 0 Å². The first-order valence-corrected chi connectivity index (χ1v) is 12.3. The predicted octanol–water partition coefficient (Wildman–Crippen LogP) is 4.61. The van der Waals surface area contributed by atoms with Gasteiger partial charge in [-0.3, -0.25) is 4.79 Å². The Morgan fingerprint density at radius 1 is 1.20 bits per heavy atom. The number of hydrogen-bond donors (Lipinski definition) is 2. The maximum absolute atomic E-state index is 13.0. The number of nitrogens with two attached hydrogens (primary N) is 1. The second-order valence-electron chi connectivity index (χ2n) is 9.54. The topological polar surface area (TPSA) is 123 Å². The lowest BCUT2D eigenvalue weighted by atomic mass is 9.95. The van der Waals surface area contributed by atoms with E-state index < -0.39 is 0 Å². The minimum absolute atomic E-state index is 0.128. The van der Waals surface area contributed by atoms with Crippen LogP contribution in [0.2, 0.25) is 0 Å². The van der Waals surface area contributed by atoms with Crippen LogP contribution in [0, 0.1) is 25.2 Å². The molecule has 9 heteroatoms. The first-order valence-electron chi connectivity index (χ1n) is 11.5. The Hall–Kier alpha value is -3.77. The van der Waals surface area contributed by atoms with E-state index in [0.717, 1.165) is 33.0 Å². The van der Waals surface area contributed by atoms with Crippen molar-refractivity contribution in [3.63, 3.8) is 0 Å². The second kappa shape index (κ2) is 9.47. The van der Waals surface area contributed by atoms with Gasteiger partial charge in [-0.2, -0.15) is 10.4 Å². The fraction of sp³-hybridized carbons (Fsp3) is 0.346. The summed E-state index contributed by atoms with van der Waals surface area (Å²) in [5.41, 5.74) is 9.61. The summed E-state index contributed by atoms with van der Waals surface area (Å²) in [7, 11) is 0. The Balaban J connectivity index is 1.45. The van der Waals surface area contributed by atoms with Gasteiger partial charge in [0.1, 0.15) is 28.1 Å². The van der Waals surface area contributed by atoms with Crippen molar-refractivity contribution in [1.82, 2.24) is 25.1 Å². The number of anilines is 1. The molecule has 0 radical (unpaired) electrons. The molecule has 1 amide bonds. The molecular weight excluding hydrogens is 458 g/mol. The molecule has 4 aromatic rings. The zero-order valence-electron chi connectivity index (χ0n) is 20.6. The van der Waals surface area contributed by atoms with Crippen molar-refractivity contribution in [2.45, 2.75) is 52.9 Å². The fourth-order valence-corrected chi connectivity index (χ4v) is 5.12. The molecule has 0 atom stereocenters. The third-order valence-corrected chi connectivity index (χ3v) is 7.01. The predicted molar refractivity (Wildman–Crippen MR) is 139 cm³/mol. The highest BCUT2D eigenvalue weighted by atomic mass is 32.1. The number of nitriles is 1. The number of para-hydroxylation sites is 1. The minimum Gasteiger partial charge on any atom is -0.382 e. The van der Waals surface area contributed by atoms with Crippen molar-refractivity contribution in [1.29, 1.82) is 5.26 Å². The molecule has 3 N–H and O–H groups in total. The van der Waals surface area contributed by atoms with Crippen molar-refractivity contribution < 1.29 is 4.79 Å². The third-order valence-electron chi connectivity index (χ3n) is 5.83. The van der Waals surface area contributed by atoms with Gasteiger partial charge in [-0.25, -0.2) is 14.6 Å². The molecule has 35 heavy (non-hydrogen) atoms. The molecule has 0 fully saturated rings. The number of rotatable bonds is 6. The fourth-order valence-electron chi connectivity index (χ4n) is 3.97. The zero-order chi connectivity index (χ0) is 25.3. The molecule has 180 valence electrons. The highest BCUT2D eigenvalue weighted by Crippen LogP contribution is 2.33. The van der Waals surface area contributed by atoms with E-state index in [1.54, 1.807) is 4.68 Å². The maximum Gasteiger partial charge on any atom is 0.261 e. The summed E-state index contributed by atoms with van der Waals surface area (Å²) in [5, 5.41) is 18.1. The van der Waals surface area contributed by atoms with E-state index in [1.165, 1.54) is 11.3 Å². The Kier molecular flexibility index (Phi) is 6.59. The summed E-state index contributed by atoms with van der Waals surface area (Å²) in [6.07, 6.45) is 1.15. The number of hydrogen-bond acceptors (Lipinski definition) is 7. The Labute approximate surface area is 208 Å². The van der Waals surface area contributed by atoms with Crippen LogP contribution in [0.15, 0.2) is 30.3 Å². The summed E-state index contributed by atoms with van der Waals surface area (Å²) in [6, 6.07) is 11.6. The molecular formula is C26H29N7OS. The number of fused-ring (bicyclic) bond motifs is 1. The number of carbonyl (C=O) groups excluding carboxylic acids is 1. The molecule has 0 spiro atoms. The molecule has 3 heterocycles. The van der Waals surface area contributed by atoms with Gasteiger partial charge >= 0.3 is 0 Å². The lowest BCUT2D eigenvalue weighted by Crippen LogP contribution is -2.24. The van der Waals surface area contributed by atoms with Crippen LogP contribution in [0.3, 0.4) is 0 Å². The van der Waals surface area contributed by atoms with Crippen LogP contribution in [0.5, 0.6) is 0 Å². The maximum atomic E-state index is 13.0. The number of nitrogen functional groups attached to an aromatic ring is 1. The summed E-state index contributed by atoms with van der Waals surface area (Å²) in [4.78, 5) is 23.9. The van der Waals surface area contributed by atoms with Crippen LogP contribution in [0.1, 0.15) is 65.2 Å². The monoisotopic (exact) mass is 487 g/mol. The standard InChI is InChI=1S/C26H29N7OS/c1-15-20-16(2)30-25(26(3,4)5)31-24(20)35-21(15)23(34)29-13-9-12-19-18(14-27)22(28)33(32-19)17-10-7-6-8-11-17/h6-8,10-11H,9,12-13,28H2,1-5H3,(H,29,34). The second-order valence-corrected chi connectivity index (χ2v) is 10.5. The third kappa shape index (κ3) is 4.75. The van der Waals surface area contributed by atoms with Gasteiger partial charge in [0, 0.05) is 17.3 Å². The summed E-state index contributed by atoms with van der Waals surface area (Å²) < 4.78 is 1.59. The highest BCUT2D eigenvalue weighted by Gasteiger charge is 2.23. The van der Waals surface area contributed by atoms with Crippen LogP contribution >= 0.6 is 11.3 Å². The molecule has 0 bridgehead atoms. The summed E-state index contributed by atoms with van der Waals surface area (Å²) >= 11 is 1.40. The molecule has 0 aliphatic heterocycles. The van der Waals surface area contributed by atoms with Crippen LogP contribution in [-0.2, 0) is 11.8 Å². The number of aryl methyl sites for hydroxylation is 3. The van der Waals surface area contributed by atoms with Crippen molar-refractivity contribution >= 4 is 33.3 Å². The lowest BCUT2D eigenvalue weighted by Gasteiger charge is -2.16. The number of benzene rings is 1. The van der Waals surface area contributed by atoms with Gasteiger partial charge in [0.2, 0.25) is 0 Å². The Bertz CT molecular complexity index is 1440. The molecule has 0 aliphatic carbocycles. The minimum atomic E-state index is -0.168. The van der Waals surface area contributed by atoms with Gasteiger partial charge in [0.25, 0.3) is 5.91 Å². The van der Waals surface area contributed by atoms with Gasteiger partial charge < -0.3 is 11.1 Å². The SMILES string of the molecule is Cc1nc(C(C)(C)C)nc2sc(C(=O)NCCCc3nn(-c4ccccc4)c(N)c3C#N)c(C)c12. The zero-order valence-corrected chi connectivity index (χ0v) is 21.5. The quantitative estimate of drug-likeness (QED) is 0.383. The van der Waals surface area contributed by atoms with E-state index in [2.05, 4.69) is 42.2 Å². The van der Waals surface area contributed by atoms with Crippen molar-refractivity contribution in [3.05, 3.63) is 63.5 Å². The van der Waals surface area contributed by atoms with Gasteiger partial charge in [0.05, 0.1) is 22.0 Å². The molecule has 0 saturated heterocycles. The van der Waals surface area contributed by atoms with Crippen molar-refractivity contribution in [2.24, 2.45) is 0 Å². The summed E-state index contributed by atoms with van der Waals surface area (Å²) in [6.45, 7) is 10.6.